The van der Waals surface area contributed by atoms with E-state index >= 15 is 0 Å². The Morgan fingerprint density at radius 1 is 1.31 bits per heavy atom. The van der Waals surface area contributed by atoms with Crippen molar-refractivity contribution in [2.75, 3.05) is 13.1 Å². The zero-order valence-corrected chi connectivity index (χ0v) is 19.5. The molecule has 2 heterocycles. The monoisotopic (exact) mass is 445 g/mol. The minimum absolute atomic E-state index is 0.0132. The second-order valence-electron chi connectivity index (χ2n) is 11.0. The lowest BCUT2D eigenvalue weighted by atomic mass is 9.86. The van der Waals surface area contributed by atoms with Crippen LogP contribution in [-0.2, 0) is 19.2 Å². The van der Waals surface area contributed by atoms with Gasteiger partial charge in [-0.1, -0.05) is 34.6 Å². The second-order valence-corrected chi connectivity index (χ2v) is 11.0. The van der Waals surface area contributed by atoms with E-state index in [9.17, 15) is 19.2 Å². The normalized spacial score (nSPS) is 29.8. The molecular formula is C23H35N5O4. The van der Waals surface area contributed by atoms with Crippen molar-refractivity contribution in [2.24, 2.45) is 40.1 Å². The van der Waals surface area contributed by atoms with Crippen molar-refractivity contribution >= 4 is 23.7 Å². The van der Waals surface area contributed by atoms with Gasteiger partial charge in [0.2, 0.25) is 11.8 Å². The predicted octanol–water partition coefficient (Wildman–Crippen LogP) is -0.283. The molecule has 2 aliphatic heterocycles. The molecule has 0 aromatic carbocycles. The molecule has 2 unspecified atom stereocenters. The summed E-state index contributed by atoms with van der Waals surface area (Å²) in [5.74, 6) is 3.00. The van der Waals surface area contributed by atoms with Gasteiger partial charge in [0.05, 0.1) is 17.8 Å². The van der Waals surface area contributed by atoms with Crippen LogP contribution in [0.3, 0.4) is 0 Å². The largest absolute Gasteiger partial charge is 0.391 e. The van der Waals surface area contributed by atoms with E-state index in [2.05, 4.69) is 24.5 Å². The number of likely N-dealkylation sites (tertiary alicyclic amines) is 1. The van der Waals surface area contributed by atoms with Gasteiger partial charge in [0.15, 0.2) is 0 Å². The Bertz CT molecular complexity index is 895. The van der Waals surface area contributed by atoms with Crippen molar-refractivity contribution in [2.45, 2.75) is 65.6 Å². The molecule has 0 aromatic heterocycles. The van der Waals surface area contributed by atoms with Crippen molar-refractivity contribution in [3.63, 3.8) is 0 Å². The van der Waals surface area contributed by atoms with Crippen LogP contribution < -0.4 is 22.1 Å². The number of carbonyl (C=O) groups is 2. The first-order chi connectivity index (χ1) is 14.8. The molecule has 32 heavy (non-hydrogen) atoms. The molecule has 3 aliphatic rings. The minimum Gasteiger partial charge on any atom is -0.391 e. The van der Waals surface area contributed by atoms with E-state index in [-0.39, 0.29) is 47.1 Å². The fraction of sp³-hybridized carbons (Fsp3) is 0.739. The van der Waals surface area contributed by atoms with Gasteiger partial charge in [0, 0.05) is 19.0 Å². The zero-order valence-electron chi connectivity index (χ0n) is 19.5. The summed E-state index contributed by atoms with van der Waals surface area (Å²) >= 11 is 0. The number of allylic oxidation sites excluding steroid dienone is 1. The Morgan fingerprint density at radius 2 is 1.97 bits per heavy atom. The molecule has 3 rings (SSSR count). The third kappa shape index (κ3) is 4.20. The lowest BCUT2D eigenvalue weighted by Gasteiger charge is -2.36. The number of nitrogens with one attached hydrogen (secondary N) is 2. The summed E-state index contributed by atoms with van der Waals surface area (Å²) in [7, 11) is 0. The third-order valence-corrected chi connectivity index (χ3v) is 7.62. The standard InChI is InChI=1S/C23H35N5O4/c1-22(2,3)19(25)21(32)28-9-13-17(23(13,4)5)18(28)20(31)27-15(14(24)10-29)8-12-6-7-26-16(12)11-30/h12-13,15,17-19,26H,6-9,24-25H2,1-5H3,(H,27,31)/t12-,13-,15?,17-,18-,19?/m0/s1. The number of fused-ring (bicyclic) bond motifs is 1. The maximum Gasteiger partial charge on any atom is 0.243 e. The summed E-state index contributed by atoms with van der Waals surface area (Å²) < 4.78 is 0. The number of hydrogen-bond acceptors (Lipinski definition) is 7. The van der Waals surface area contributed by atoms with E-state index in [4.69, 9.17) is 11.5 Å². The molecule has 6 atom stereocenters. The summed E-state index contributed by atoms with van der Waals surface area (Å²) in [6, 6.07) is -2.21. The van der Waals surface area contributed by atoms with Gasteiger partial charge in [0.25, 0.3) is 0 Å². The molecule has 0 aromatic rings. The Labute approximate surface area is 189 Å². The molecule has 0 radical (unpaired) electrons. The van der Waals surface area contributed by atoms with Crippen molar-refractivity contribution < 1.29 is 19.2 Å². The Kier molecular flexibility index (Phi) is 6.31. The van der Waals surface area contributed by atoms with E-state index < -0.39 is 23.5 Å². The fourth-order valence-corrected chi connectivity index (χ4v) is 5.26. The van der Waals surface area contributed by atoms with Gasteiger partial charge in [0.1, 0.15) is 23.6 Å². The molecule has 1 aliphatic carbocycles. The first kappa shape index (κ1) is 24.1. The molecule has 2 amide bonds. The van der Waals surface area contributed by atoms with Gasteiger partial charge >= 0.3 is 0 Å². The van der Waals surface area contributed by atoms with Crippen molar-refractivity contribution in [1.82, 2.24) is 15.5 Å². The van der Waals surface area contributed by atoms with Gasteiger partial charge in [-0.05, 0) is 35.5 Å². The van der Waals surface area contributed by atoms with Gasteiger partial charge in [-0.3, -0.25) is 9.59 Å². The maximum atomic E-state index is 13.5. The van der Waals surface area contributed by atoms with Crippen LogP contribution in [0.1, 0.15) is 47.5 Å². The maximum absolute atomic E-state index is 13.5. The van der Waals surface area contributed by atoms with Crippen LogP contribution in [0.15, 0.2) is 11.4 Å². The topological polar surface area (TPSA) is 148 Å². The van der Waals surface area contributed by atoms with Crippen LogP contribution in [0, 0.1) is 28.6 Å². The van der Waals surface area contributed by atoms with E-state index in [1.807, 2.05) is 26.7 Å². The number of amides is 2. The van der Waals surface area contributed by atoms with Crippen LogP contribution >= 0.6 is 0 Å². The Morgan fingerprint density at radius 3 is 2.53 bits per heavy atom. The van der Waals surface area contributed by atoms with Gasteiger partial charge in [-0.15, -0.1) is 0 Å². The Hall–Kier alpha value is -2.60. The van der Waals surface area contributed by atoms with Crippen LogP contribution in [0.25, 0.3) is 0 Å². The summed E-state index contributed by atoms with van der Waals surface area (Å²) in [5.41, 5.74) is 11.9. The highest BCUT2D eigenvalue weighted by atomic mass is 16.2. The second kappa shape index (κ2) is 8.39. The smallest absolute Gasteiger partial charge is 0.243 e. The van der Waals surface area contributed by atoms with Gasteiger partial charge < -0.3 is 27.0 Å². The SMILES string of the molecule is CC(C)(C)C(N)C(=O)N1C[C@H]2[C@@H]([C@H]1C(=O)NC(C[C@@H]1CCNC1=C=O)C(N)=C=O)C2(C)C. The van der Waals surface area contributed by atoms with Gasteiger partial charge in [-0.2, -0.15) is 0 Å². The van der Waals surface area contributed by atoms with Crippen LogP contribution in [-0.4, -0.2) is 59.8 Å². The average molecular weight is 446 g/mol. The van der Waals surface area contributed by atoms with Crippen molar-refractivity contribution in [3.8, 4) is 0 Å². The molecule has 1 saturated carbocycles. The molecule has 9 nitrogen and oxygen atoms in total. The number of hydrogen-bond donors (Lipinski definition) is 4. The van der Waals surface area contributed by atoms with E-state index in [0.29, 0.717) is 25.2 Å². The third-order valence-electron chi connectivity index (χ3n) is 7.62. The number of nitrogens with zero attached hydrogens (tertiary/aromatic N) is 1. The number of piperidine rings is 1. The van der Waals surface area contributed by atoms with E-state index in [1.54, 1.807) is 10.8 Å². The summed E-state index contributed by atoms with van der Waals surface area (Å²) in [5, 5.41) is 5.83. The van der Waals surface area contributed by atoms with Crippen LogP contribution in [0.2, 0.25) is 0 Å². The van der Waals surface area contributed by atoms with Crippen LogP contribution in [0.4, 0.5) is 0 Å². The fourth-order valence-electron chi connectivity index (χ4n) is 5.26. The van der Waals surface area contributed by atoms with Crippen molar-refractivity contribution in [3.05, 3.63) is 11.4 Å². The van der Waals surface area contributed by atoms with E-state index in [0.717, 1.165) is 0 Å². The molecule has 9 heteroatoms. The quantitative estimate of drug-likeness (QED) is 0.411. The highest BCUT2D eigenvalue weighted by Crippen LogP contribution is 2.65. The lowest BCUT2D eigenvalue weighted by Crippen LogP contribution is -2.58. The predicted molar refractivity (Wildman–Crippen MR) is 119 cm³/mol. The first-order valence-corrected chi connectivity index (χ1v) is 11.2. The number of nitrogens with two attached hydrogens (primary N) is 2. The van der Waals surface area contributed by atoms with Crippen LogP contribution in [0.5, 0.6) is 0 Å². The molecule has 0 bridgehead atoms. The summed E-state index contributed by atoms with van der Waals surface area (Å²) in [4.78, 5) is 50.7. The molecule has 2 saturated heterocycles. The highest BCUT2D eigenvalue weighted by Gasteiger charge is 2.69. The van der Waals surface area contributed by atoms with Crippen molar-refractivity contribution in [1.29, 1.82) is 0 Å². The van der Waals surface area contributed by atoms with Gasteiger partial charge in [-0.25, -0.2) is 9.59 Å². The molecular weight excluding hydrogens is 410 g/mol. The molecule has 6 N–H and O–H groups in total. The lowest BCUT2D eigenvalue weighted by molar-refractivity contribution is -0.143. The highest BCUT2D eigenvalue weighted by molar-refractivity contribution is 5.92. The molecule has 176 valence electrons. The Balaban J connectivity index is 1.82. The first-order valence-electron chi connectivity index (χ1n) is 11.2. The average Bonchev–Trinajstić information content (AvgIpc) is 3.13. The zero-order chi connectivity index (χ0) is 24.0. The minimum atomic E-state index is -0.789. The number of carbonyl (C=O) groups excluding carboxylic acids is 4. The summed E-state index contributed by atoms with van der Waals surface area (Å²) in [6.07, 6.45) is 0.958. The molecule has 0 spiro atoms. The molecule has 3 fully saturated rings. The number of rotatable bonds is 6. The van der Waals surface area contributed by atoms with E-state index in [1.165, 1.54) is 0 Å². The summed E-state index contributed by atoms with van der Waals surface area (Å²) in [6.45, 7) is 11.0.